The zero-order valence-electron chi connectivity index (χ0n) is 8.29. The highest BCUT2D eigenvalue weighted by atomic mass is 14.7. The normalized spacial score (nSPS) is 47.0. The second kappa shape index (κ2) is 3.02. The Morgan fingerprint density at radius 2 is 1.92 bits per heavy atom. The van der Waals surface area contributed by atoms with E-state index in [1.807, 2.05) is 0 Å². The van der Waals surface area contributed by atoms with Crippen LogP contribution in [0.5, 0.6) is 0 Å². The van der Waals surface area contributed by atoms with Crippen molar-refractivity contribution in [2.24, 2.45) is 29.4 Å². The molecule has 0 spiro atoms. The van der Waals surface area contributed by atoms with E-state index in [4.69, 9.17) is 5.73 Å². The molecular formula is C11H21N. The molecule has 0 radical (unpaired) electrons. The van der Waals surface area contributed by atoms with Crippen molar-refractivity contribution < 1.29 is 0 Å². The molecule has 0 heterocycles. The second-order valence-electron chi connectivity index (χ2n) is 5.14. The van der Waals surface area contributed by atoms with E-state index in [-0.39, 0.29) is 0 Å². The van der Waals surface area contributed by atoms with Crippen LogP contribution in [0.25, 0.3) is 0 Å². The zero-order chi connectivity index (χ0) is 8.72. The highest BCUT2D eigenvalue weighted by Crippen LogP contribution is 2.48. The second-order valence-corrected chi connectivity index (χ2v) is 5.14. The third-order valence-corrected chi connectivity index (χ3v) is 4.15. The quantitative estimate of drug-likeness (QED) is 0.637. The van der Waals surface area contributed by atoms with E-state index in [2.05, 4.69) is 13.8 Å². The van der Waals surface area contributed by atoms with Gasteiger partial charge in [0.1, 0.15) is 0 Å². The van der Waals surface area contributed by atoms with Crippen molar-refractivity contribution in [1.82, 2.24) is 0 Å². The van der Waals surface area contributed by atoms with E-state index < -0.39 is 0 Å². The van der Waals surface area contributed by atoms with Crippen molar-refractivity contribution in [3.63, 3.8) is 0 Å². The molecule has 0 amide bonds. The standard InChI is InChI=1S/C11H21N/c1-7(2)9-5-8-3-4-11(12)10(8)6-9/h7-11H,3-6,12H2,1-2H3/t8?,9?,10?,11-/m0/s1. The molecule has 0 aliphatic heterocycles. The van der Waals surface area contributed by atoms with Gasteiger partial charge in [0.25, 0.3) is 0 Å². The molecule has 2 fully saturated rings. The van der Waals surface area contributed by atoms with Crippen LogP contribution in [0.4, 0.5) is 0 Å². The number of fused-ring (bicyclic) bond motifs is 1. The maximum Gasteiger partial charge on any atom is 0.00700 e. The molecule has 0 aromatic heterocycles. The number of rotatable bonds is 1. The van der Waals surface area contributed by atoms with Crippen LogP contribution >= 0.6 is 0 Å². The minimum Gasteiger partial charge on any atom is -0.327 e. The van der Waals surface area contributed by atoms with E-state index in [9.17, 15) is 0 Å². The van der Waals surface area contributed by atoms with Crippen LogP contribution in [-0.2, 0) is 0 Å². The van der Waals surface area contributed by atoms with Crippen LogP contribution in [0.1, 0.15) is 39.5 Å². The topological polar surface area (TPSA) is 26.0 Å². The Kier molecular flexibility index (Phi) is 2.16. The summed E-state index contributed by atoms with van der Waals surface area (Å²) in [5.74, 6) is 3.74. The largest absolute Gasteiger partial charge is 0.327 e. The van der Waals surface area contributed by atoms with Gasteiger partial charge in [-0.3, -0.25) is 0 Å². The maximum absolute atomic E-state index is 6.08. The molecule has 0 aromatic rings. The molecular weight excluding hydrogens is 146 g/mol. The Bertz CT molecular complexity index is 164. The van der Waals surface area contributed by atoms with Gasteiger partial charge in [-0.15, -0.1) is 0 Å². The summed E-state index contributed by atoms with van der Waals surface area (Å²) >= 11 is 0. The average Bonchev–Trinajstić information content (AvgIpc) is 2.53. The lowest BCUT2D eigenvalue weighted by Gasteiger charge is -2.16. The molecule has 1 nitrogen and oxygen atoms in total. The van der Waals surface area contributed by atoms with Crippen molar-refractivity contribution in [2.75, 3.05) is 0 Å². The van der Waals surface area contributed by atoms with Crippen LogP contribution < -0.4 is 5.73 Å². The molecule has 3 unspecified atom stereocenters. The van der Waals surface area contributed by atoms with Gasteiger partial charge in [0, 0.05) is 6.04 Å². The first-order valence-corrected chi connectivity index (χ1v) is 5.44. The Labute approximate surface area is 75.7 Å². The highest BCUT2D eigenvalue weighted by Gasteiger charge is 2.42. The molecule has 0 aromatic carbocycles. The fourth-order valence-electron chi connectivity index (χ4n) is 3.22. The van der Waals surface area contributed by atoms with Gasteiger partial charge in [0.05, 0.1) is 0 Å². The molecule has 2 saturated carbocycles. The van der Waals surface area contributed by atoms with Crippen molar-refractivity contribution in [1.29, 1.82) is 0 Å². The summed E-state index contributed by atoms with van der Waals surface area (Å²) in [6.07, 6.45) is 5.59. The van der Waals surface area contributed by atoms with Gasteiger partial charge < -0.3 is 5.73 Å². The van der Waals surface area contributed by atoms with Crippen molar-refractivity contribution in [3.8, 4) is 0 Å². The molecule has 2 N–H and O–H groups in total. The van der Waals surface area contributed by atoms with Gasteiger partial charge in [0.2, 0.25) is 0 Å². The Morgan fingerprint density at radius 3 is 2.50 bits per heavy atom. The summed E-state index contributed by atoms with van der Waals surface area (Å²) in [4.78, 5) is 0. The Morgan fingerprint density at radius 1 is 1.17 bits per heavy atom. The van der Waals surface area contributed by atoms with Gasteiger partial charge in [-0.25, -0.2) is 0 Å². The lowest BCUT2D eigenvalue weighted by molar-refractivity contribution is 0.358. The summed E-state index contributed by atoms with van der Waals surface area (Å²) in [5.41, 5.74) is 6.08. The third kappa shape index (κ3) is 1.28. The molecule has 2 aliphatic carbocycles. The summed E-state index contributed by atoms with van der Waals surface area (Å²) in [5, 5.41) is 0. The fourth-order valence-corrected chi connectivity index (χ4v) is 3.22. The van der Waals surface area contributed by atoms with Crippen LogP contribution in [0.15, 0.2) is 0 Å². The van der Waals surface area contributed by atoms with E-state index in [1.165, 1.54) is 25.7 Å². The lowest BCUT2D eigenvalue weighted by Crippen LogP contribution is -2.25. The van der Waals surface area contributed by atoms with Crippen molar-refractivity contribution in [3.05, 3.63) is 0 Å². The predicted octanol–water partition coefficient (Wildman–Crippen LogP) is 2.41. The molecule has 2 aliphatic rings. The number of nitrogens with two attached hydrogens (primary N) is 1. The van der Waals surface area contributed by atoms with E-state index in [0.717, 1.165) is 23.7 Å². The molecule has 0 bridgehead atoms. The molecule has 1 heteroatoms. The zero-order valence-corrected chi connectivity index (χ0v) is 8.29. The van der Waals surface area contributed by atoms with Crippen molar-refractivity contribution >= 4 is 0 Å². The SMILES string of the molecule is CC(C)C1CC2CC[C@H](N)C2C1. The number of hydrogen-bond acceptors (Lipinski definition) is 1. The van der Waals surface area contributed by atoms with Crippen LogP contribution in [-0.4, -0.2) is 6.04 Å². The van der Waals surface area contributed by atoms with Gasteiger partial charge in [-0.05, 0) is 49.4 Å². The molecule has 70 valence electrons. The Hall–Kier alpha value is -0.0400. The van der Waals surface area contributed by atoms with E-state index >= 15 is 0 Å². The van der Waals surface area contributed by atoms with Crippen LogP contribution in [0.2, 0.25) is 0 Å². The maximum atomic E-state index is 6.08. The highest BCUT2D eigenvalue weighted by molar-refractivity contribution is 4.95. The predicted molar refractivity (Wildman–Crippen MR) is 51.8 cm³/mol. The lowest BCUT2D eigenvalue weighted by atomic mass is 9.91. The van der Waals surface area contributed by atoms with Crippen LogP contribution in [0, 0.1) is 23.7 Å². The Balaban J connectivity index is 1.98. The van der Waals surface area contributed by atoms with Gasteiger partial charge in [0.15, 0.2) is 0 Å². The summed E-state index contributed by atoms with van der Waals surface area (Å²) < 4.78 is 0. The van der Waals surface area contributed by atoms with E-state index in [1.54, 1.807) is 0 Å². The third-order valence-electron chi connectivity index (χ3n) is 4.15. The first-order valence-electron chi connectivity index (χ1n) is 5.44. The van der Waals surface area contributed by atoms with Gasteiger partial charge in [-0.2, -0.15) is 0 Å². The van der Waals surface area contributed by atoms with Gasteiger partial charge >= 0.3 is 0 Å². The van der Waals surface area contributed by atoms with E-state index in [0.29, 0.717) is 6.04 Å². The summed E-state index contributed by atoms with van der Waals surface area (Å²) in [6.45, 7) is 4.72. The minimum absolute atomic E-state index is 0.541. The molecule has 12 heavy (non-hydrogen) atoms. The number of hydrogen-bond donors (Lipinski definition) is 1. The smallest absolute Gasteiger partial charge is 0.00700 e. The van der Waals surface area contributed by atoms with Crippen LogP contribution in [0.3, 0.4) is 0 Å². The fraction of sp³-hybridized carbons (Fsp3) is 1.00. The molecule has 2 rings (SSSR count). The van der Waals surface area contributed by atoms with Gasteiger partial charge in [-0.1, -0.05) is 13.8 Å². The summed E-state index contributed by atoms with van der Waals surface area (Å²) in [7, 11) is 0. The molecule has 0 saturated heterocycles. The summed E-state index contributed by atoms with van der Waals surface area (Å²) in [6, 6.07) is 0.541. The minimum atomic E-state index is 0.541. The van der Waals surface area contributed by atoms with Crippen molar-refractivity contribution in [2.45, 2.75) is 45.6 Å². The molecule has 4 atom stereocenters. The average molecular weight is 167 g/mol. The monoisotopic (exact) mass is 167 g/mol. The first-order chi connectivity index (χ1) is 5.68. The first kappa shape index (κ1) is 8.55.